The third kappa shape index (κ3) is 15.9. The number of Topliss-reactive ketones (excluding diaryl/α,β-unsaturated/α-hetero) is 6. The van der Waals surface area contributed by atoms with E-state index in [1.165, 1.54) is 13.0 Å². The number of benzene rings is 3. The number of ketones is 6. The monoisotopic (exact) mass is 1150 g/mol. The van der Waals surface area contributed by atoms with Gasteiger partial charge in [0.05, 0.1) is 16.3 Å². The third-order valence-electron chi connectivity index (χ3n) is 15.1. The summed E-state index contributed by atoms with van der Waals surface area (Å²) in [5, 5.41) is 50.4. The van der Waals surface area contributed by atoms with E-state index in [0.717, 1.165) is 80.9 Å². The number of aliphatic hydroxyl groups is 2. The van der Waals surface area contributed by atoms with E-state index < -0.39 is 22.7 Å². The Kier molecular flexibility index (Phi) is 22.6. The number of fused-ring (bicyclic) bond motifs is 3. The van der Waals surface area contributed by atoms with E-state index in [9.17, 15) is 68.7 Å². The molecule has 17 nitrogen and oxygen atoms in total. The fourth-order valence-electron chi connectivity index (χ4n) is 10.5. The molecule has 3 saturated carbocycles. The predicted octanol–water partition coefficient (Wildman–Crippen LogP) is 13.2. The van der Waals surface area contributed by atoms with E-state index in [4.69, 9.17) is 13.3 Å². The lowest BCUT2D eigenvalue weighted by Crippen LogP contribution is -2.23. The lowest BCUT2D eigenvalue weighted by atomic mass is 9.84. The van der Waals surface area contributed by atoms with Gasteiger partial charge < -0.3 is 38.8 Å². The van der Waals surface area contributed by atoms with Crippen molar-refractivity contribution in [3.63, 3.8) is 0 Å². The van der Waals surface area contributed by atoms with E-state index >= 15 is 0 Å². The highest BCUT2D eigenvalue weighted by Crippen LogP contribution is 2.35. The maximum Gasteiger partial charge on any atom is 0.351 e. The van der Waals surface area contributed by atoms with Crippen LogP contribution in [0.5, 0.6) is 17.2 Å². The highest BCUT2D eigenvalue weighted by atomic mass is 16.4. The standard InChI is InChI=1S/C16H16O4.C15H14O4.C14H16O2.C12H14O4.C10H14O3/c17-14(10-6-2-1-3-7-10)13-15(18)11-8-4-5-9-12(11)20-16(13)19;16-13(9-5-1-2-6-9)12-14(17)10-7-3-4-8-11(10)19-15(12)18;1-9(2)13(15)12-8-7-10-5-3-4-6-11(10)14(12)16;1-7(2)4-5-9(13)11-10(14)6-8(3)16-12(11)15;1-6(2)10(13)9-7(11)4-3-5-8(9)12/h4-5,8-10,18H,1-3,6-7H2;3-4,7-9,17H,1-2,5-6H2;3-6,9,16H,7-8H2,1-2H3;6,14H,1,4-5H2,2-3H3;6,13H,3-5H2,1-2H3. The zero-order valence-electron chi connectivity index (χ0n) is 48.5. The molecule has 4 aliphatic rings. The number of para-hydroxylation sites is 2. The molecule has 4 aliphatic carbocycles. The van der Waals surface area contributed by atoms with Crippen LogP contribution in [0.25, 0.3) is 27.7 Å². The van der Waals surface area contributed by atoms with Gasteiger partial charge in [-0.15, -0.1) is 6.58 Å². The lowest BCUT2D eigenvalue weighted by molar-refractivity contribution is -0.124. The number of carbonyl (C=O) groups is 6. The quantitative estimate of drug-likeness (QED) is 0.0201. The zero-order valence-corrected chi connectivity index (χ0v) is 48.5. The topological polar surface area (TPSA) is 294 Å². The Morgan fingerprint density at radius 2 is 1.04 bits per heavy atom. The van der Waals surface area contributed by atoms with Crippen LogP contribution in [0.4, 0.5) is 0 Å². The molecule has 3 aromatic carbocycles. The molecule has 0 radical (unpaired) electrons. The van der Waals surface area contributed by atoms with Crippen LogP contribution in [-0.4, -0.2) is 60.2 Å². The Morgan fingerprint density at radius 3 is 1.51 bits per heavy atom. The summed E-state index contributed by atoms with van der Waals surface area (Å²) in [6.07, 6.45) is 11.8. The van der Waals surface area contributed by atoms with E-state index in [2.05, 4.69) is 6.58 Å². The van der Waals surface area contributed by atoms with Crippen molar-refractivity contribution < 1.29 is 67.6 Å². The molecule has 0 atom stereocenters. The van der Waals surface area contributed by atoms with Crippen molar-refractivity contribution in [2.45, 2.75) is 144 Å². The van der Waals surface area contributed by atoms with Crippen LogP contribution in [0.1, 0.15) is 179 Å². The molecule has 0 bridgehead atoms. The van der Waals surface area contributed by atoms with Crippen LogP contribution in [0.15, 0.2) is 136 Å². The van der Waals surface area contributed by atoms with Crippen LogP contribution in [0, 0.1) is 30.6 Å². The van der Waals surface area contributed by atoms with E-state index in [0.29, 0.717) is 59.6 Å². The largest absolute Gasteiger partial charge is 0.511 e. The summed E-state index contributed by atoms with van der Waals surface area (Å²) in [6.45, 7) is 14.2. The molecule has 3 heterocycles. The normalized spacial score (nSPS) is 15.2. The minimum atomic E-state index is -0.788. The highest BCUT2D eigenvalue weighted by molar-refractivity contribution is 6.22. The van der Waals surface area contributed by atoms with Crippen LogP contribution in [0.3, 0.4) is 0 Å². The third-order valence-corrected chi connectivity index (χ3v) is 15.1. The molecule has 6 aromatic rings. The summed E-state index contributed by atoms with van der Waals surface area (Å²) < 4.78 is 15.0. The van der Waals surface area contributed by atoms with Crippen LogP contribution in [-0.2, 0) is 20.8 Å². The molecule has 84 heavy (non-hydrogen) atoms. The first-order valence-corrected chi connectivity index (χ1v) is 28.6. The van der Waals surface area contributed by atoms with Crippen LogP contribution >= 0.6 is 0 Å². The second-order valence-electron chi connectivity index (χ2n) is 22.2. The van der Waals surface area contributed by atoms with Crippen molar-refractivity contribution >= 4 is 62.4 Å². The van der Waals surface area contributed by atoms with Crippen molar-refractivity contribution in [3.05, 3.63) is 173 Å². The predicted molar refractivity (Wildman–Crippen MR) is 318 cm³/mol. The van der Waals surface area contributed by atoms with E-state index in [1.807, 2.05) is 38.1 Å². The first-order valence-electron chi connectivity index (χ1n) is 28.6. The van der Waals surface area contributed by atoms with E-state index in [1.54, 1.807) is 69.3 Å². The first kappa shape index (κ1) is 64.4. The summed E-state index contributed by atoms with van der Waals surface area (Å²) in [5.74, 6) is -2.26. The number of hydrogen-bond donors (Lipinski definition) is 5. The summed E-state index contributed by atoms with van der Waals surface area (Å²) in [7, 11) is 0. The molecule has 10 rings (SSSR count). The highest BCUT2D eigenvalue weighted by Gasteiger charge is 2.32. The summed E-state index contributed by atoms with van der Waals surface area (Å²) in [6, 6.07) is 22.4. The van der Waals surface area contributed by atoms with Gasteiger partial charge in [-0.05, 0) is 95.0 Å². The van der Waals surface area contributed by atoms with E-state index in [-0.39, 0.29) is 116 Å². The number of aromatic hydroxyl groups is 3. The maximum absolute atomic E-state index is 12.5. The Hall–Kier alpha value is -8.73. The van der Waals surface area contributed by atoms with Gasteiger partial charge >= 0.3 is 16.9 Å². The Morgan fingerprint density at radius 1 is 0.571 bits per heavy atom. The Bertz CT molecular complexity index is 3700. The van der Waals surface area contributed by atoms with Gasteiger partial charge in [0, 0.05) is 60.1 Å². The minimum absolute atomic E-state index is 0.0428. The van der Waals surface area contributed by atoms with Crippen LogP contribution in [0.2, 0.25) is 0 Å². The second-order valence-corrected chi connectivity index (χ2v) is 22.2. The SMILES string of the molecule is C=C(C)CCC(=O)c1c(O)cc(C)oc1=O.CC(C)C(=O)C1=C(O)c2ccccc2CC1.CC(C)C(O)=C1C(=O)CCCC1=O.O=C(c1c(O)c2ccccc2oc1=O)C1CCCC1.O=C(c1c(O)c2ccccc2oc1=O)C1CCCCC1. The fraction of sp³-hybridized carbons (Fsp3) is 0.388. The van der Waals surface area contributed by atoms with Gasteiger partial charge in [0.15, 0.2) is 34.7 Å². The van der Waals surface area contributed by atoms with Crippen LogP contribution < -0.4 is 16.9 Å². The molecule has 5 N–H and O–H groups in total. The van der Waals surface area contributed by atoms with Crippen molar-refractivity contribution in [3.8, 4) is 17.2 Å². The number of rotatable bonds is 11. The molecule has 17 heteroatoms. The van der Waals surface area contributed by atoms with Crippen molar-refractivity contribution in [1.82, 2.24) is 0 Å². The fourth-order valence-corrected chi connectivity index (χ4v) is 10.5. The van der Waals surface area contributed by atoms with Gasteiger partial charge in [0.2, 0.25) is 0 Å². The number of hydrogen-bond acceptors (Lipinski definition) is 17. The first-order chi connectivity index (χ1) is 39.9. The Labute approximate surface area is 486 Å². The summed E-state index contributed by atoms with van der Waals surface area (Å²) >= 11 is 0. The molecule has 0 amide bonds. The number of aliphatic hydroxyl groups excluding tert-OH is 2. The average Bonchev–Trinajstić information content (AvgIpc) is 3.18. The molecule has 3 aromatic heterocycles. The second kappa shape index (κ2) is 29.5. The smallest absolute Gasteiger partial charge is 0.351 e. The van der Waals surface area contributed by atoms with Crippen molar-refractivity contribution in [1.29, 1.82) is 0 Å². The molecular weight excluding hydrogens is 1080 g/mol. The zero-order chi connectivity index (χ0) is 61.5. The molecule has 0 aliphatic heterocycles. The minimum Gasteiger partial charge on any atom is -0.511 e. The molecule has 0 unspecified atom stereocenters. The van der Waals surface area contributed by atoms with Gasteiger partial charge in [0.25, 0.3) is 0 Å². The molecule has 444 valence electrons. The van der Waals surface area contributed by atoms with Crippen molar-refractivity contribution in [2.75, 3.05) is 0 Å². The average molecular weight is 1150 g/mol. The summed E-state index contributed by atoms with van der Waals surface area (Å²) in [5.41, 5.74) is 1.11. The maximum atomic E-state index is 12.5. The molecular formula is C67H74O17. The Balaban J connectivity index is 0.000000170. The number of aryl methyl sites for hydroxylation is 2. The molecule has 0 spiro atoms. The summed E-state index contributed by atoms with van der Waals surface area (Å²) in [4.78, 5) is 106. The lowest BCUT2D eigenvalue weighted by Gasteiger charge is -2.20. The number of allylic oxidation sites excluding steroid dienone is 4. The molecule has 3 fully saturated rings. The number of carbonyl (C=O) groups excluding carboxylic acids is 6. The van der Waals surface area contributed by atoms with Gasteiger partial charge in [-0.25, -0.2) is 14.4 Å². The van der Waals surface area contributed by atoms with Gasteiger partial charge in [0.1, 0.15) is 62.4 Å². The molecule has 0 saturated heterocycles. The van der Waals surface area contributed by atoms with Crippen molar-refractivity contribution in [2.24, 2.45) is 23.7 Å². The van der Waals surface area contributed by atoms with Gasteiger partial charge in [-0.3, -0.25) is 28.8 Å². The van der Waals surface area contributed by atoms with Gasteiger partial charge in [-0.1, -0.05) is 114 Å². The van der Waals surface area contributed by atoms with Gasteiger partial charge in [-0.2, -0.15) is 0 Å².